The molecular weight excluding hydrogens is 318 g/mol. The maximum absolute atomic E-state index is 12.6. The van der Waals surface area contributed by atoms with Gasteiger partial charge in [-0.1, -0.05) is 55.5 Å². The third kappa shape index (κ3) is 2.97. The Morgan fingerprint density at radius 1 is 1.08 bits per heavy atom. The molecule has 0 saturated heterocycles. The Kier molecular flexibility index (Phi) is 4.74. The zero-order valence-electron chi connectivity index (χ0n) is 14.3. The van der Waals surface area contributed by atoms with Crippen molar-refractivity contribution in [1.82, 2.24) is 4.90 Å². The van der Waals surface area contributed by atoms with Gasteiger partial charge in [0.25, 0.3) is 0 Å². The molecule has 0 radical (unpaired) electrons. The van der Waals surface area contributed by atoms with Crippen LogP contribution in [0.5, 0.6) is 0 Å². The summed E-state index contributed by atoms with van der Waals surface area (Å²) in [6, 6.07) is 15.1. The Balaban J connectivity index is 2.15. The molecule has 0 spiro atoms. The van der Waals surface area contributed by atoms with Gasteiger partial charge in [0.1, 0.15) is 0 Å². The quantitative estimate of drug-likeness (QED) is 0.891. The van der Waals surface area contributed by atoms with E-state index in [9.17, 15) is 14.7 Å². The minimum Gasteiger partial charge on any atom is -0.481 e. The summed E-state index contributed by atoms with van der Waals surface area (Å²) >= 11 is 0. The number of aliphatic carboxylic acids is 1. The maximum Gasteiger partial charge on any atom is 0.410 e. The molecule has 2 aromatic rings. The van der Waals surface area contributed by atoms with Crippen molar-refractivity contribution in [1.29, 1.82) is 0 Å². The van der Waals surface area contributed by atoms with Gasteiger partial charge in [-0.15, -0.1) is 0 Å². The van der Waals surface area contributed by atoms with E-state index in [1.165, 1.54) is 7.11 Å². The van der Waals surface area contributed by atoms with Crippen LogP contribution in [-0.2, 0) is 9.53 Å². The van der Waals surface area contributed by atoms with Crippen molar-refractivity contribution in [3.63, 3.8) is 0 Å². The molecule has 5 heteroatoms. The smallest absolute Gasteiger partial charge is 0.410 e. The number of methoxy groups -OCH3 is 1. The van der Waals surface area contributed by atoms with Gasteiger partial charge in [0.05, 0.1) is 19.6 Å². The topological polar surface area (TPSA) is 66.8 Å². The Hall–Kier alpha value is -2.82. The fraction of sp³-hybridized carbons (Fsp3) is 0.300. The lowest BCUT2D eigenvalue weighted by molar-refractivity contribution is -0.138. The number of hydrogen-bond acceptors (Lipinski definition) is 3. The summed E-state index contributed by atoms with van der Waals surface area (Å²) < 4.78 is 5.01. The molecule has 0 heterocycles. The van der Waals surface area contributed by atoms with E-state index >= 15 is 0 Å². The van der Waals surface area contributed by atoms with Gasteiger partial charge in [0.2, 0.25) is 0 Å². The highest BCUT2D eigenvalue weighted by Crippen LogP contribution is 2.47. The molecular formula is C20H21NO4. The summed E-state index contributed by atoms with van der Waals surface area (Å²) in [6.45, 7) is 1.89. The maximum atomic E-state index is 12.6. The number of ether oxygens (including phenoxy) is 1. The normalized spacial score (nSPS) is 13.7. The molecule has 130 valence electrons. The van der Waals surface area contributed by atoms with E-state index in [1.54, 1.807) is 4.90 Å². The summed E-state index contributed by atoms with van der Waals surface area (Å²) in [5, 5.41) is 9.27. The number of carboxylic acid groups (broad SMARTS) is 1. The van der Waals surface area contributed by atoms with Crippen LogP contribution in [0.25, 0.3) is 11.1 Å². The average Bonchev–Trinajstić information content (AvgIpc) is 2.95. The number of fused-ring (bicyclic) bond motifs is 3. The standard InChI is InChI=1S/C20H21NO4/c1-3-13(12-18(22)23)21(20(24)25-2)19-16-10-6-4-8-14(16)15-9-5-7-11-17(15)19/h4-11,13,19H,3,12H2,1-2H3,(H,22,23). The minimum atomic E-state index is -0.930. The summed E-state index contributed by atoms with van der Waals surface area (Å²) in [6.07, 6.45) is -0.0982. The first kappa shape index (κ1) is 17.0. The number of hydrogen-bond donors (Lipinski definition) is 1. The number of nitrogens with zero attached hydrogens (tertiary/aromatic N) is 1. The summed E-state index contributed by atoms with van der Waals surface area (Å²) in [5.41, 5.74) is 4.14. The van der Waals surface area contributed by atoms with Crippen LogP contribution < -0.4 is 0 Å². The lowest BCUT2D eigenvalue weighted by Crippen LogP contribution is -2.43. The van der Waals surface area contributed by atoms with Gasteiger partial charge in [-0.3, -0.25) is 9.69 Å². The molecule has 2 aromatic carbocycles. The number of rotatable bonds is 5. The van der Waals surface area contributed by atoms with Crippen molar-refractivity contribution in [3.8, 4) is 11.1 Å². The van der Waals surface area contributed by atoms with Crippen LogP contribution in [0.4, 0.5) is 4.79 Å². The Bertz CT molecular complexity index is 756. The molecule has 1 atom stereocenters. The number of carbonyl (C=O) groups excluding carboxylic acids is 1. The molecule has 1 unspecified atom stereocenters. The molecule has 0 aromatic heterocycles. The van der Waals surface area contributed by atoms with Crippen LogP contribution in [0.1, 0.15) is 36.9 Å². The third-order valence-electron chi connectivity index (χ3n) is 4.74. The van der Waals surface area contributed by atoms with Gasteiger partial charge in [-0.2, -0.15) is 0 Å². The zero-order chi connectivity index (χ0) is 18.0. The van der Waals surface area contributed by atoms with Gasteiger partial charge in [0.15, 0.2) is 0 Å². The van der Waals surface area contributed by atoms with E-state index in [4.69, 9.17) is 4.74 Å². The van der Waals surface area contributed by atoms with Crippen LogP contribution in [0.3, 0.4) is 0 Å². The van der Waals surface area contributed by atoms with Crippen molar-refractivity contribution >= 4 is 12.1 Å². The largest absolute Gasteiger partial charge is 0.481 e. The van der Waals surface area contributed by atoms with Crippen molar-refractivity contribution < 1.29 is 19.4 Å². The molecule has 3 rings (SSSR count). The third-order valence-corrected chi connectivity index (χ3v) is 4.74. The molecule has 1 aliphatic rings. The number of carboxylic acids is 1. The number of amides is 1. The molecule has 0 aliphatic heterocycles. The SMILES string of the molecule is CCC(CC(=O)O)N(C(=O)OC)C1c2ccccc2-c2ccccc21. The Labute approximate surface area is 146 Å². The molecule has 25 heavy (non-hydrogen) atoms. The lowest BCUT2D eigenvalue weighted by Gasteiger charge is -2.35. The Morgan fingerprint density at radius 2 is 1.60 bits per heavy atom. The lowest BCUT2D eigenvalue weighted by atomic mass is 9.99. The first-order valence-electron chi connectivity index (χ1n) is 8.34. The minimum absolute atomic E-state index is 0.119. The molecule has 1 N–H and O–H groups in total. The molecule has 5 nitrogen and oxygen atoms in total. The fourth-order valence-electron chi connectivity index (χ4n) is 3.64. The fourth-order valence-corrected chi connectivity index (χ4v) is 3.64. The van der Waals surface area contributed by atoms with Crippen molar-refractivity contribution in [3.05, 3.63) is 59.7 Å². The van der Waals surface area contributed by atoms with E-state index < -0.39 is 18.1 Å². The van der Waals surface area contributed by atoms with Crippen LogP contribution in [-0.4, -0.2) is 35.2 Å². The first-order chi connectivity index (χ1) is 12.1. The summed E-state index contributed by atoms with van der Waals surface area (Å²) in [7, 11) is 1.33. The van der Waals surface area contributed by atoms with Crippen molar-refractivity contribution in [2.24, 2.45) is 0 Å². The van der Waals surface area contributed by atoms with E-state index in [0.29, 0.717) is 6.42 Å². The van der Waals surface area contributed by atoms with E-state index in [1.807, 2.05) is 55.5 Å². The second kappa shape index (κ2) is 6.97. The predicted octanol–water partition coefficient (Wildman–Crippen LogP) is 4.08. The van der Waals surface area contributed by atoms with Crippen molar-refractivity contribution in [2.75, 3.05) is 7.11 Å². The zero-order valence-corrected chi connectivity index (χ0v) is 14.3. The molecule has 0 bridgehead atoms. The molecule has 0 saturated carbocycles. The predicted molar refractivity (Wildman–Crippen MR) is 94.3 cm³/mol. The second-order valence-electron chi connectivity index (χ2n) is 6.11. The van der Waals surface area contributed by atoms with Crippen molar-refractivity contribution in [2.45, 2.75) is 31.8 Å². The molecule has 1 aliphatic carbocycles. The van der Waals surface area contributed by atoms with Gasteiger partial charge in [-0.05, 0) is 28.7 Å². The summed E-state index contributed by atoms with van der Waals surface area (Å²) in [4.78, 5) is 25.5. The summed E-state index contributed by atoms with van der Waals surface area (Å²) in [5.74, 6) is -0.930. The molecule has 0 fully saturated rings. The highest BCUT2D eigenvalue weighted by molar-refractivity contribution is 5.81. The van der Waals surface area contributed by atoms with E-state index in [2.05, 4.69) is 0 Å². The first-order valence-corrected chi connectivity index (χ1v) is 8.34. The second-order valence-corrected chi connectivity index (χ2v) is 6.11. The highest BCUT2D eigenvalue weighted by Gasteiger charge is 2.39. The number of benzene rings is 2. The van der Waals surface area contributed by atoms with Crippen LogP contribution >= 0.6 is 0 Å². The van der Waals surface area contributed by atoms with E-state index in [-0.39, 0.29) is 12.5 Å². The van der Waals surface area contributed by atoms with E-state index in [0.717, 1.165) is 22.3 Å². The molecule has 1 amide bonds. The van der Waals surface area contributed by atoms with Crippen LogP contribution in [0.2, 0.25) is 0 Å². The Morgan fingerprint density at radius 3 is 2.04 bits per heavy atom. The van der Waals surface area contributed by atoms with Gasteiger partial charge in [-0.25, -0.2) is 4.79 Å². The average molecular weight is 339 g/mol. The van der Waals surface area contributed by atoms with Gasteiger partial charge < -0.3 is 9.84 Å². The van der Waals surface area contributed by atoms with Gasteiger partial charge in [0, 0.05) is 6.04 Å². The van der Waals surface area contributed by atoms with Crippen LogP contribution in [0.15, 0.2) is 48.5 Å². The highest BCUT2D eigenvalue weighted by atomic mass is 16.5. The van der Waals surface area contributed by atoms with Crippen LogP contribution in [0, 0.1) is 0 Å². The monoisotopic (exact) mass is 339 g/mol. The van der Waals surface area contributed by atoms with Gasteiger partial charge >= 0.3 is 12.1 Å². The number of carbonyl (C=O) groups is 2.